The molecule has 4 N–H and O–H groups in total. The minimum absolute atomic E-state index is 0.542. The minimum atomic E-state index is 0.542. The van der Waals surface area contributed by atoms with Crippen LogP contribution >= 0.6 is 63.7 Å². The van der Waals surface area contributed by atoms with Gasteiger partial charge >= 0.3 is 0 Å². The molecular weight excluding hydrogens is 668 g/mol. The van der Waals surface area contributed by atoms with Crippen LogP contribution in [0.15, 0.2) is 54.3 Å². The predicted molar refractivity (Wildman–Crippen MR) is 144 cm³/mol. The summed E-state index contributed by atoms with van der Waals surface area (Å²) >= 11 is 14.4. The lowest BCUT2D eigenvalue weighted by atomic mass is 10.0. The predicted octanol–water partition coefficient (Wildman–Crippen LogP) is 6.19. The molecule has 0 aliphatic carbocycles. The second-order valence-electron chi connectivity index (χ2n) is 7.48. The van der Waals surface area contributed by atoms with E-state index in [1.54, 1.807) is 0 Å². The summed E-state index contributed by atoms with van der Waals surface area (Å²) in [5, 5.41) is 0. The number of nitrogens with two attached hydrogens (primary N) is 2. The van der Waals surface area contributed by atoms with Gasteiger partial charge in [0.1, 0.15) is 0 Å². The first kappa shape index (κ1) is 25.9. The molecule has 0 saturated carbocycles. The van der Waals surface area contributed by atoms with Gasteiger partial charge in [-0.3, -0.25) is 4.57 Å². The Bertz CT molecular complexity index is 1010. The topological polar surface area (TPSA) is 79.1 Å². The van der Waals surface area contributed by atoms with Crippen molar-refractivity contribution in [3.8, 4) is 6.01 Å². The zero-order chi connectivity index (χ0) is 23.1. The third-order valence-electron chi connectivity index (χ3n) is 4.87. The van der Waals surface area contributed by atoms with Crippen molar-refractivity contribution in [2.75, 3.05) is 19.7 Å². The van der Waals surface area contributed by atoms with Crippen molar-refractivity contribution in [1.29, 1.82) is 0 Å². The van der Waals surface area contributed by atoms with Crippen LogP contribution < -0.4 is 16.2 Å². The van der Waals surface area contributed by atoms with E-state index in [1.807, 2.05) is 12.1 Å². The molecule has 0 fully saturated rings. The maximum atomic E-state index is 6.06. The number of ether oxygens (including phenoxy) is 1. The van der Waals surface area contributed by atoms with Crippen molar-refractivity contribution in [3.63, 3.8) is 0 Å². The van der Waals surface area contributed by atoms with Gasteiger partial charge in [-0.25, -0.2) is 0 Å². The van der Waals surface area contributed by atoms with Crippen LogP contribution in [-0.2, 0) is 19.4 Å². The molecule has 0 radical (unpaired) electrons. The van der Waals surface area contributed by atoms with Gasteiger partial charge in [0.2, 0.25) is 0 Å². The Kier molecular flexibility index (Phi) is 10.3. The summed E-state index contributed by atoms with van der Waals surface area (Å²) in [5.74, 6) is 0. The fourth-order valence-electron chi connectivity index (χ4n) is 3.50. The molecule has 0 spiro atoms. The summed E-state index contributed by atoms with van der Waals surface area (Å²) in [4.78, 5) is 4.94. The zero-order valence-corrected chi connectivity index (χ0v) is 23.9. The van der Waals surface area contributed by atoms with Gasteiger partial charge < -0.3 is 16.2 Å². The van der Waals surface area contributed by atoms with Crippen LogP contribution in [0.25, 0.3) is 0 Å². The molecular formula is C23H26Br4N4O. The molecule has 1 aromatic heterocycles. The standard InChI is InChI=1S/C23H26Br4N4O/c24-17-7-15(8-18(25)13-17)11-21-22(12-16-9-19(26)14-20(27)10-16)31(5-1-3-28)23(30-21)32-6-2-4-29/h7-10,13-14H,1-6,11-12,28-29H2. The van der Waals surface area contributed by atoms with Crippen molar-refractivity contribution in [1.82, 2.24) is 9.55 Å². The second kappa shape index (κ2) is 12.7. The normalized spacial score (nSPS) is 11.2. The Hall–Kier alpha value is -0.710. The Balaban J connectivity index is 2.04. The summed E-state index contributed by atoms with van der Waals surface area (Å²) in [6.45, 7) is 2.49. The average molecular weight is 694 g/mol. The molecule has 0 atom stereocenters. The van der Waals surface area contributed by atoms with Crippen LogP contribution in [0.1, 0.15) is 35.4 Å². The van der Waals surface area contributed by atoms with Crippen LogP contribution in [0.4, 0.5) is 0 Å². The van der Waals surface area contributed by atoms with Gasteiger partial charge in [0, 0.05) is 43.0 Å². The highest BCUT2D eigenvalue weighted by atomic mass is 79.9. The van der Waals surface area contributed by atoms with Crippen molar-refractivity contribution < 1.29 is 4.74 Å². The van der Waals surface area contributed by atoms with E-state index < -0.39 is 0 Å². The summed E-state index contributed by atoms with van der Waals surface area (Å²) in [6, 6.07) is 13.2. The molecule has 5 nitrogen and oxygen atoms in total. The summed E-state index contributed by atoms with van der Waals surface area (Å²) in [5.41, 5.74) is 16.0. The highest BCUT2D eigenvalue weighted by Gasteiger charge is 2.19. The van der Waals surface area contributed by atoms with Crippen LogP contribution in [-0.4, -0.2) is 29.2 Å². The van der Waals surface area contributed by atoms with Crippen molar-refractivity contribution in [2.24, 2.45) is 11.5 Å². The number of nitrogens with zero attached hydrogens (tertiary/aromatic N) is 2. The smallest absolute Gasteiger partial charge is 0.296 e. The Morgan fingerprint density at radius 3 is 1.81 bits per heavy atom. The Labute approximate surface area is 222 Å². The van der Waals surface area contributed by atoms with E-state index in [-0.39, 0.29) is 0 Å². The van der Waals surface area contributed by atoms with Gasteiger partial charge in [-0.2, -0.15) is 4.98 Å². The molecule has 3 rings (SSSR count). The SMILES string of the molecule is NCCCOc1nc(Cc2cc(Br)cc(Br)c2)c(Cc2cc(Br)cc(Br)c2)n1CCCN. The lowest BCUT2D eigenvalue weighted by molar-refractivity contribution is 0.273. The average Bonchev–Trinajstić information content (AvgIpc) is 3.01. The quantitative estimate of drug-likeness (QED) is 0.235. The van der Waals surface area contributed by atoms with E-state index in [0.717, 1.165) is 55.1 Å². The molecule has 1 heterocycles. The van der Waals surface area contributed by atoms with Crippen molar-refractivity contribution in [3.05, 3.63) is 76.8 Å². The highest BCUT2D eigenvalue weighted by Crippen LogP contribution is 2.29. The van der Waals surface area contributed by atoms with Gasteiger partial charge in [-0.05, 0) is 73.5 Å². The van der Waals surface area contributed by atoms with Gasteiger partial charge in [0.15, 0.2) is 0 Å². The van der Waals surface area contributed by atoms with Crippen LogP contribution in [0.5, 0.6) is 6.01 Å². The van der Waals surface area contributed by atoms with Crippen LogP contribution in [0, 0.1) is 0 Å². The molecule has 172 valence electrons. The number of benzene rings is 2. The monoisotopic (exact) mass is 690 g/mol. The van der Waals surface area contributed by atoms with Gasteiger partial charge in [0.25, 0.3) is 6.01 Å². The fourth-order valence-corrected chi connectivity index (χ4v) is 6.28. The van der Waals surface area contributed by atoms with Crippen molar-refractivity contribution >= 4 is 63.7 Å². The molecule has 0 amide bonds. The first-order chi connectivity index (χ1) is 15.4. The number of aromatic nitrogens is 2. The van der Waals surface area contributed by atoms with E-state index >= 15 is 0 Å². The van der Waals surface area contributed by atoms with E-state index in [9.17, 15) is 0 Å². The number of halogens is 4. The second-order valence-corrected chi connectivity index (χ2v) is 11.1. The van der Waals surface area contributed by atoms with Crippen molar-refractivity contribution in [2.45, 2.75) is 32.2 Å². The third kappa shape index (κ3) is 7.40. The third-order valence-corrected chi connectivity index (χ3v) is 6.71. The number of hydrogen-bond acceptors (Lipinski definition) is 4. The summed E-state index contributed by atoms with van der Waals surface area (Å²) < 4.78 is 12.4. The van der Waals surface area contributed by atoms with E-state index in [4.69, 9.17) is 21.2 Å². The molecule has 0 bridgehead atoms. The maximum absolute atomic E-state index is 6.06. The molecule has 2 aromatic carbocycles. The fraction of sp³-hybridized carbons (Fsp3) is 0.348. The number of hydrogen-bond donors (Lipinski definition) is 2. The Morgan fingerprint density at radius 2 is 1.28 bits per heavy atom. The zero-order valence-electron chi connectivity index (χ0n) is 17.6. The van der Waals surface area contributed by atoms with Crippen LogP contribution in [0.2, 0.25) is 0 Å². The molecule has 0 aliphatic rings. The Morgan fingerprint density at radius 1 is 0.750 bits per heavy atom. The lowest BCUT2D eigenvalue weighted by Crippen LogP contribution is -2.13. The van der Waals surface area contributed by atoms with Gasteiger partial charge in [-0.15, -0.1) is 0 Å². The molecule has 32 heavy (non-hydrogen) atoms. The molecule has 0 unspecified atom stereocenters. The summed E-state index contributed by atoms with van der Waals surface area (Å²) in [6.07, 6.45) is 3.07. The minimum Gasteiger partial charge on any atom is -0.465 e. The molecule has 9 heteroatoms. The van der Waals surface area contributed by atoms with E-state index in [2.05, 4.69) is 92.6 Å². The van der Waals surface area contributed by atoms with E-state index in [1.165, 1.54) is 11.1 Å². The molecule has 0 aliphatic heterocycles. The van der Waals surface area contributed by atoms with Crippen LogP contribution in [0.3, 0.4) is 0 Å². The van der Waals surface area contributed by atoms with E-state index in [0.29, 0.717) is 32.1 Å². The lowest BCUT2D eigenvalue weighted by Gasteiger charge is -2.13. The maximum Gasteiger partial charge on any atom is 0.296 e. The first-order valence-electron chi connectivity index (χ1n) is 10.4. The number of imidazole rings is 1. The number of rotatable bonds is 11. The molecule has 0 saturated heterocycles. The molecule has 3 aromatic rings. The largest absolute Gasteiger partial charge is 0.465 e. The highest BCUT2D eigenvalue weighted by molar-refractivity contribution is 9.11. The summed E-state index contributed by atoms with van der Waals surface area (Å²) in [7, 11) is 0. The van der Waals surface area contributed by atoms with Gasteiger partial charge in [0.05, 0.1) is 12.3 Å². The van der Waals surface area contributed by atoms with Gasteiger partial charge in [-0.1, -0.05) is 63.7 Å². The first-order valence-corrected chi connectivity index (χ1v) is 13.6.